The van der Waals surface area contributed by atoms with Crippen LogP contribution in [0.4, 0.5) is 0 Å². The second-order valence-electron chi connectivity index (χ2n) is 3.71. The van der Waals surface area contributed by atoms with E-state index in [9.17, 15) is 4.79 Å². The van der Waals surface area contributed by atoms with Crippen molar-refractivity contribution in [2.45, 2.75) is 6.92 Å². The molecule has 1 heterocycles. The van der Waals surface area contributed by atoms with Crippen LogP contribution in [-0.4, -0.2) is 29.4 Å². The molecule has 0 bridgehead atoms. The molecule has 4 heteroatoms. The first-order chi connectivity index (χ1) is 8.20. The highest BCUT2D eigenvalue weighted by Crippen LogP contribution is 2.15. The van der Waals surface area contributed by atoms with Crippen LogP contribution in [0.25, 0.3) is 17.2 Å². The number of aromatic nitrogens is 1. The minimum atomic E-state index is -0.0604. The van der Waals surface area contributed by atoms with Gasteiger partial charge < -0.3 is 9.32 Å². The number of likely N-dealkylation sites (N-methyl/N-ethyl adjacent to an activating group) is 1. The molecule has 0 spiro atoms. The Kier molecular flexibility index (Phi) is 3.23. The summed E-state index contributed by atoms with van der Waals surface area (Å²) in [5.41, 5.74) is 1.52. The number of nitrogens with zero attached hydrogens (tertiary/aromatic N) is 2. The highest BCUT2D eigenvalue weighted by atomic mass is 16.3. The van der Waals surface area contributed by atoms with E-state index >= 15 is 0 Å². The molecule has 1 aromatic carbocycles. The van der Waals surface area contributed by atoms with Gasteiger partial charge >= 0.3 is 0 Å². The normalized spacial score (nSPS) is 11.2. The molecule has 0 radical (unpaired) electrons. The van der Waals surface area contributed by atoms with E-state index in [1.807, 2.05) is 31.2 Å². The fraction of sp³-hybridized carbons (Fsp3) is 0.231. The lowest BCUT2D eigenvalue weighted by Crippen LogP contribution is -2.23. The number of hydrogen-bond acceptors (Lipinski definition) is 3. The number of fused-ring (bicyclic) bond motifs is 1. The molecular formula is C13H14N2O2. The fourth-order valence-corrected chi connectivity index (χ4v) is 1.39. The van der Waals surface area contributed by atoms with Crippen molar-refractivity contribution < 1.29 is 9.21 Å². The van der Waals surface area contributed by atoms with Gasteiger partial charge in [0.05, 0.1) is 0 Å². The summed E-state index contributed by atoms with van der Waals surface area (Å²) in [5.74, 6) is 0.388. The molecule has 0 aliphatic carbocycles. The second kappa shape index (κ2) is 4.82. The molecule has 0 saturated carbocycles. The molecular weight excluding hydrogens is 216 g/mol. The Bertz CT molecular complexity index is 524. The Balaban J connectivity index is 2.18. The van der Waals surface area contributed by atoms with E-state index in [0.717, 1.165) is 11.1 Å². The van der Waals surface area contributed by atoms with Gasteiger partial charge in [0.15, 0.2) is 5.58 Å². The molecule has 2 rings (SSSR count). The van der Waals surface area contributed by atoms with Crippen LogP contribution in [0.1, 0.15) is 12.8 Å². The number of hydrogen-bond donors (Lipinski definition) is 0. The Morgan fingerprint density at radius 3 is 2.94 bits per heavy atom. The van der Waals surface area contributed by atoms with E-state index in [-0.39, 0.29) is 5.91 Å². The standard InChI is InChI=1S/C13H14N2O2/c1-3-15(2)13(16)9-8-12-14-10-6-4-5-7-11(10)17-12/h4-9H,3H2,1-2H3/b9-8+. The molecule has 0 unspecified atom stereocenters. The van der Waals surface area contributed by atoms with Crippen molar-refractivity contribution in [3.8, 4) is 0 Å². The van der Waals surface area contributed by atoms with Gasteiger partial charge in [-0.1, -0.05) is 12.1 Å². The lowest BCUT2D eigenvalue weighted by molar-refractivity contribution is -0.124. The summed E-state index contributed by atoms with van der Waals surface area (Å²) >= 11 is 0. The molecule has 0 aliphatic rings. The highest BCUT2D eigenvalue weighted by Gasteiger charge is 2.04. The van der Waals surface area contributed by atoms with E-state index in [2.05, 4.69) is 4.98 Å². The molecule has 0 N–H and O–H groups in total. The quantitative estimate of drug-likeness (QED) is 0.760. The van der Waals surface area contributed by atoms with Crippen molar-refractivity contribution in [2.75, 3.05) is 13.6 Å². The molecule has 0 saturated heterocycles. The molecule has 0 atom stereocenters. The minimum absolute atomic E-state index is 0.0604. The number of amides is 1. The maximum atomic E-state index is 11.5. The zero-order valence-electron chi connectivity index (χ0n) is 9.88. The molecule has 0 aliphatic heterocycles. The molecule has 88 valence electrons. The van der Waals surface area contributed by atoms with Crippen LogP contribution in [-0.2, 0) is 4.79 Å². The van der Waals surface area contributed by atoms with Gasteiger partial charge in [0.25, 0.3) is 0 Å². The van der Waals surface area contributed by atoms with Crippen molar-refractivity contribution in [3.05, 3.63) is 36.2 Å². The van der Waals surface area contributed by atoms with E-state index in [1.165, 1.54) is 6.08 Å². The molecule has 4 nitrogen and oxygen atoms in total. The van der Waals surface area contributed by atoms with Crippen molar-refractivity contribution in [3.63, 3.8) is 0 Å². The van der Waals surface area contributed by atoms with Gasteiger partial charge in [0.1, 0.15) is 5.52 Å². The van der Waals surface area contributed by atoms with Gasteiger partial charge in [0, 0.05) is 25.7 Å². The fourth-order valence-electron chi connectivity index (χ4n) is 1.39. The summed E-state index contributed by atoms with van der Waals surface area (Å²) in [5, 5.41) is 0. The summed E-state index contributed by atoms with van der Waals surface area (Å²) < 4.78 is 5.46. The second-order valence-corrected chi connectivity index (χ2v) is 3.71. The van der Waals surface area contributed by atoms with Crippen LogP contribution < -0.4 is 0 Å². The number of carbonyl (C=O) groups excluding carboxylic acids is 1. The number of oxazole rings is 1. The van der Waals surface area contributed by atoms with E-state index in [0.29, 0.717) is 12.4 Å². The SMILES string of the molecule is CCN(C)C(=O)/C=C/c1nc2ccccc2o1. The van der Waals surface area contributed by atoms with E-state index in [4.69, 9.17) is 4.42 Å². The van der Waals surface area contributed by atoms with Gasteiger partial charge in [-0.3, -0.25) is 4.79 Å². The Hall–Kier alpha value is -2.10. The van der Waals surface area contributed by atoms with Gasteiger partial charge in [-0.25, -0.2) is 4.98 Å². The largest absolute Gasteiger partial charge is 0.437 e. The maximum Gasteiger partial charge on any atom is 0.246 e. The first kappa shape index (κ1) is 11.4. The summed E-state index contributed by atoms with van der Waals surface area (Å²) in [6.45, 7) is 2.60. The molecule has 1 amide bonds. The molecule has 2 aromatic rings. The highest BCUT2D eigenvalue weighted by molar-refractivity contribution is 5.91. The van der Waals surface area contributed by atoms with E-state index in [1.54, 1.807) is 18.0 Å². The molecule has 17 heavy (non-hydrogen) atoms. The summed E-state index contributed by atoms with van der Waals surface area (Å²) in [7, 11) is 1.75. The van der Waals surface area contributed by atoms with Gasteiger partial charge in [-0.15, -0.1) is 0 Å². The zero-order valence-corrected chi connectivity index (χ0v) is 9.88. The maximum absolute atomic E-state index is 11.5. The summed E-state index contributed by atoms with van der Waals surface area (Å²) in [6.07, 6.45) is 3.06. The Morgan fingerprint density at radius 1 is 1.47 bits per heavy atom. The van der Waals surface area contributed by atoms with Crippen molar-refractivity contribution >= 4 is 23.1 Å². The topological polar surface area (TPSA) is 46.3 Å². The molecule has 1 aromatic heterocycles. The number of benzene rings is 1. The average molecular weight is 230 g/mol. The number of carbonyl (C=O) groups is 1. The minimum Gasteiger partial charge on any atom is -0.437 e. The van der Waals surface area contributed by atoms with Crippen LogP contribution in [0.3, 0.4) is 0 Å². The predicted octanol–water partition coefficient (Wildman–Crippen LogP) is 2.32. The van der Waals surface area contributed by atoms with Gasteiger partial charge in [0.2, 0.25) is 11.8 Å². The van der Waals surface area contributed by atoms with Crippen molar-refractivity contribution in [1.29, 1.82) is 0 Å². The first-order valence-corrected chi connectivity index (χ1v) is 5.49. The van der Waals surface area contributed by atoms with E-state index < -0.39 is 0 Å². The van der Waals surface area contributed by atoms with Crippen LogP contribution >= 0.6 is 0 Å². The third-order valence-electron chi connectivity index (χ3n) is 2.53. The number of rotatable bonds is 3. The monoisotopic (exact) mass is 230 g/mol. The third kappa shape index (κ3) is 2.53. The lowest BCUT2D eigenvalue weighted by Gasteiger charge is -2.10. The lowest BCUT2D eigenvalue weighted by atomic mass is 10.3. The average Bonchev–Trinajstić information content (AvgIpc) is 2.77. The Morgan fingerprint density at radius 2 is 2.24 bits per heavy atom. The number of para-hydroxylation sites is 2. The molecule has 0 fully saturated rings. The van der Waals surface area contributed by atoms with Gasteiger partial charge in [-0.05, 0) is 19.1 Å². The van der Waals surface area contributed by atoms with Crippen LogP contribution in [0.15, 0.2) is 34.8 Å². The van der Waals surface area contributed by atoms with Gasteiger partial charge in [-0.2, -0.15) is 0 Å². The smallest absolute Gasteiger partial charge is 0.246 e. The summed E-state index contributed by atoms with van der Waals surface area (Å²) in [6, 6.07) is 7.50. The third-order valence-corrected chi connectivity index (χ3v) is 2.53. The first-order valence-electron chi connectivity index (χ1n) is 5.49. The van der Waals surface area contributed by atoms with Crippen molar-refractivity contribution in [2.24, 2.45) is 0 Å². The Labute approximate surface area is 99.5 Å². The van der Waals surface area contributed by atoms with Crippen LogP contribution in [0.5, 0.6) is 0 Å². The predicted molar refractivity (Wildman–Crippen MR) is 66.4 cm³/mol. The van der Waals surface area contributed by atoms with Crippen LogP contribution in [0, 0.1) is 0 Å². The van der Waals surface area contributed by atoms with Crippen molar-refractivity contribution in [1.82, 2.24) is 9.88 Å². The van der Waals surface area contributed by atoms with Crippen LogP contribution in [0.2, 0.25) is 0 Å². The summed E-state index contributed by atoms with van der Waals surface area (Å²) in [4.78, 5) is 17.4. The zero-order chi connectivity index (χ0) is 12.3.